The highest BCUT2D eigenvalue weighted by Gasteiger charge is 2.43. The molecule has 1 saturated heterocycles. The number of amides is 1. The molecule has 1 unspecified atom stereocenters. The van der Waals surface area contributed by atoms with Crippen LogP contribution in [0.1, 0.15) is 12.6 Å². The molecule has 2 rings (SSSR count). The standard InChI is InChI=1S/C13H18N4O8/c14-5(12(22)23)3-8(19)15-7-1-2-17(13(24)16-7)11-10(21)9(20)6(4-18)25-11/h1-2,5-6,9-11,18,20-21H,3-4,14H2,(H,22,23)(H,15,16,19,24)/t5-,6+,9-,10?,11+/m0/s1. The Labute approximate surface area is 140 Å². The summed E-state index contributed by atoms with van der Waals surface area (Å²) < 4.78 is 6.10. The number of nitrogens with two attached hydrogens (primary N) is 1. The van der Waals surface area contributed by atoms with Crippen molar-refractivity contribution in [2.45, 2.75) is 37.0 Å². The fraction of sp³-hybridized carbons (Fsp3) is 0.538. The molecule has 0 aliphatic carbocycles. The number of aliphatic hydroxyl groups excluding tert-OH is 3. The Bertz CT molecular complexity index is 708. The Balaban J connectivity index is 2.10. The van der Waals surface area contributed by atoms with Crippen LogP contribution in [0.15, 0.2) is 17.1 Å². The SMILES string of the molecule is N[C@@H](CC(=O)Nc1ccn([C@@H]2O[C@H](CO)[C@H](O)C2O)c(=O)n1)C(=O)O. The normalized spacial score (nSPS) is 27.0. The number of nitrogens with zero attached hydrogens (tertiary/aromatic N) is 2. The van der Waals surface area contributed by atoms with E-state index >= 15 is 0 Å². The quantitative estimate of drug-likeness (QED) is 0.298. The second kappa shape index (κ2) is 7.67. The Morgan fingerprint density at radius 1 is 1.40 bits per heavy atom. The van der Waals surface area contributed by atoms with E-state index in [4.69, 9.17) is 20.7 Å². The van der Waals surface area contributed by atoms with E-state index in [9.17, 15) is 24.6 Å². The summed E-state index contributed by atoms with van der Waals surface area (Å²) in [5, 5.41) is 39.5. The third kappa shape index (κ3) is 4.18. The van der Waals surface area contributed by atoms with Crippen molar-refractivity contribution in [3.8, 4) is 0 Å². The lowest BCUT2D eigenvalue weighted by Crippen LogP contribution is -2.36. The van der Waals surface area contributed by atoms with Gasteiger partial charge in [0.1, 0.15) is 30.2 Å². The fourth-order valence-electron chi connectivity index (χ4n) is 2.27. The third-order valence-electron chi connectivity index (χ3n) is 3.61. The number of anilines is 1. The minimum atomic E-state index is -1.45. The molecule has 1 amide bonds. The number of carbonyl (C=O) groups is 2. The molecule has 25 heavy (non-hydrogen) atoms. The van der Waals surface area contributed by atoms with Gasteiger partial charge in [0.15, 0.2) is 6.23 Å². The van der Waals surface area contributed by atoms with E-state index in [2.05, 4.69) is 10.3 Å². The number of hydrogen-bond acceptors (Lipinski definition) is 9. The molecular formula is C13H18N4O8. The molecule has 2 heterocycles. The number of carboxylic acids is 1. The minimum absolute atomic E-state index is 0.143. The average Bonchev–Trinajstić information content (AvgIpc) is 2.82. The van der Waals surface area contributed by atoms with Gasteiger partial charge in [-0.05, 0) is 6.07 Å². The molecule has 7 N–H and O–H groups in total. The lowest BCUT2D eigenvalue weighted by atomic mass is 10.1. The van der Waals surface area contributed by atoms with Gasteiger partial charge < -0.3 is 36.2 Å². The summed E-state index contributed by atoms with van der Waals surface area (Å²) in [5.74, 6) is -2.23. The molecule has 12 heteroatoms. The number of aliphatic carboxylic acids is 1. The van der Waals surface area contributed by atoms with Crippen LogP contribution in [0.5, 0.6) is 0 Å². The highest BCUT2D eigenvalue weighted by Crippen LogP contribution is 2.28. The van der Waals surface area contributed by atoms with Crippen molar-refractivity contribution in [2.24, 2.45) is 5.73 Å². The van der Waals surface area contributed by atoms with Gasteiger partial charge in [0.05, 0.1) is 13.0 Å². The van der Waals surface area contributed by atoms with Crippen LogP contribution in [0.4, 0.5) is 5.82 Å². The maximum absolute atomic E-state index is 12.0. The van der Waals surface area contributed by atoms with Crippen LogP contribution in [0.25, 0.3) is 0 Å². The number of ether oxygens (including phenoxy) is 1. The summed E-state index contributed by atoms with van der Waals surface area (Å²) >= 11 is 0. The van der Waals surface area contributed by atoms with Crippen LogP contribution in [-0.4, -0.2) is 72.8 Å². The number of aliphatic hydroxyl groups is 3. The molecule has 1 aromatic heterocycles. The van der Waals surface area contributed by atoms with Crippen molar-refractivity contribution in [1.82, 2.24) is 9.55 Å². The summed E-state index contributed by atoms with van der Waals surface area (Å²) in [7, 11) is 0. The maximum atomic E-state index is 12.0. The van der Waals surface area contributed by atoms with E-state index < -0.39 is 61.2 Å². The van der Waals surface area contributed by atoms with Gasteiger partial charge in [-0.3, -0.25) is 14.2 Å². The zero-order chi connectivity index (χ0) is 18.7. The predicted molar refractivity (Wildman–Crippen MR) is 80.4 cm³/mol. The van der Waals surface area contributed by atoms with Gasteiger partial charge in [-0.1, -0.05) is 0 Å². The van der Waals surface area contributed by atoms with Gasteiger partial charge in [0, 0.05) is 6.20 Å². The second-order valence-corrected chi connectivity index (χ2v) is 5.43. The topological polar surface area (TPSA) is 197 Å². The molecule has 0 spiro atoms. The number of rotatable bonds is 6. The van der Waals surface area contributed by atoms with E-state index in [0.29, 0.717) is 0 Å². The zero-order valence-corrected chi connectivity index (χ0v) is 12.8. The predicted octanol–water partition coefficient (Wildman–Crippen LogP) is -3.40. The van der Waals surface area contributed by atoms with Crippen molar-refractivity contribution in [3.63, 3.8) is 0 Å². The van der Waals surface area contributed by atoms with Gasteiger partial charge in [-0.2, -0.15) is 4.98 Å². The van der Waals surface area contributed by atoms with Crippen LogP contribution in [-0.2, 0) is 14.3 Å². The van der Waals surface area contributed by atoms with Gasteiger partial charge >= 0.3 is 11.7 Å². The average molecular weight is 358 g/mol. The zero-order valence-electron chi connectivity index (χ0n) is 12.8. The molecule has 1 aliphatic rings. The smallest absolute Gasteiger partial charge is 0.351 e. The molecular weight excluding hydrogens is 340 g/mol. The maximum Gasteiger partial charge on any atom is 0.351 e. The van der Waals surface area contributed by atoms with Crippen LogP contribution in [0.3, 0.4) is 0 Å². The monoisotopic (exact) mass is 358 g/mol. The first-order chi connectivity index (χ1) is 11.7. The van der Waals surface area contributed by atoms with Gasteiger partial charge in [-0.25, -0.2) is 4.79 Å². The van der Waals surface area contributed by atoms with Crippen LogP contribution < -0.4 is 16.7 Å². The van der Waals surface area contributed by atoms with Gasteiger partial charge in [-0.15, -0.1) is 0 Å². The third-order valence-corrected chi connectivity index (χ3v) is 3.61. The lowest BCUT2D eigenvalue weighted by Gasteiger charge is -2.17. The highest BCUT2D eigenvalue weighted by molar-refractivity contribution is 5.93. The van der Waals surface area contributed by atoms with Crippen LogP contribution in [0.2, 0.25) is 0 Å². The van der Waals surface area contributed by atoms with E-state index in [1.54, 1.807) is 0 Å². The summed E-state index contributed by atoms with van der Waals surface area (Å²) in [6, 6.07) is -0.167. The first-order valence-electron chi connectivity index (χ1n) is 7.24. The summed E-state index contributed by atoms with van der Waals surface area (Å²) in [4.78, 5) is 37.8. The molecule has 0 aromatic carbocycles. The van der Waals surface area contributed by atoms with Crippen LogP contribution in [0, 0.1) is 0 Å². The molecule has 0 radical (unpaired) electrons. The number of aromatic nitrogens is 2. The van der Waals surface area contributed by atoms with E-state index in [1.807, 2.05) is 0 Å². The largest absolute Gasteiger partial charge is 0.480 e. The molecule has 0 saturated carbocycles. The molecule has 0 bridgehead atoms. The fourth-order valence-corrected chi connectivity index (χ4v) is 2.27. The van der Waals surface area contributed by atoms with Gasteiger partial charge in [0.25, 0.3) is 0 Å². The lowest BCUT2D eigenvalue weighted by molar-refractivity contribution is -0.140. The minimum Gasteiger partial charge on any atom is -0.480 e. The number of hydrogen-bond donors (Lipinski definition) is 6. The van der Waals surface area contributed by atoms with Crippen molar-refractivity contribution in [3.05, 3.63) is 22.7 Å². The summed E-state index contributed by atoms with van der Waals surface area (Å²) in [6.45, 7) is -0.547. The van der Waals surface area contributed by atoms with Crippen molar-refractivity contribution in [2.75, 3.05) is 11.9 Å². The second-order valence-electron chi connectivity index (χ2n) is 5.43. The van der Waals surface area contributed by atoms with Crippen molar-refractivity contribution in [1.29, 1.82) is 0 Å². The Hall–Kier alpha value is -2.38. The Kier molecular flexibility index (Phi) is 5.81. The van der Waals surface area contributed by atoms with E-state index in [1.165, 1.54) is 12.3 Å². The van der Waals surface area contributed by atoms with Crippen molar-refractivity contribution >= 4 is 17.7 Å². The number of carbonyl (C=O) groups excluding carboxylic acids is 1. The number of nitrogens with one attached hydrogen (secondary N) is 1. The molecule has 5 atom stereocenters. The van der Waals surface area contributed by atoms with E-state index in [0.717, 1.165) is 4.57 Å². The summed E-state index contributed by atoms with van der Waals surface area (Å²) in [6.07, 6.45) is -4.47. The Morgan fingerprint density at radius 3 is 2.60 bits per heavy atom. The van der Waals surface area contributed by atoms with Crippen LogP contribution >= 0.6 is 0 Å². The molecule has 12 nitrogen and oxygen atoms in total. The first-order valence-corrected chi connectivity index (χ1v) is 7.24. The van der Waals surface area contributed by atoms with E-state index in [-0.39, 0.29) is 5.82 Å². The molecule has 1 aromatic rings. The molecule has 1 aliphatic heterocycles. The summed E-state index contributed by atoms with van der Waals surface area (Å²) in [5.41, 5.74) is 4.33. The van der Waals surface area contributed by atoms with Gasteiger partial charge in [0.2, 0.25) is 5.91 Å². The first kappa shape index (κ1) is 19.0. The Morgan fingerprint density at radius 2 is 2.08 bits per heavy atom. The van der Waals surface area contributed by atoms with Crippen molar-refractivity contribution < 1.29 is 34.8 Å². The molecule has 1 fully saturated rings. The molecule has 138 valence electrons. The highest BCUT2D eigenvalue weighted by atomic mass is 16.6. The number of carboxylic acid groups (broad SMARTS) is 1.